The van der Waals surface area contributed by atoms with E-state index in [4.69, 9.17) is 4.74 Å². The maximum absolute atomic E-state index is 11.4. The number of alkyl carbamates (subject to hydrolysis) is 1. The Hall–Kier alpha value is -1.52. The first-order valence-electron chi connectivity index (χ1n) is 5.81. The van der Waals surface area contributed by atoms with Gasteiger partial charge in [-0.25, -0.2) is 9.59 Å². The molecule has 1 amide bonds. The van der Waals surface area contributed by atoms with Gasteiger partial charge in [-0.2, -0.15) is 0 Å². The second-order valence-corrected chi connectivity index (χ2v) is 5.11. The summed E-state index contributed by atoms with van der Waals surface area (Å²) in [6.07, 6.45) is 5.13. The van der Waals surface area contributed by atoms with Crippen LogP contribution >= 0.6 is 0 Å². The van der Waals surface area contributed by atoms with E-state index in [1.54, 1.807) is 0 Å². The summed E-state index contributed by atoms with van der Waals surface area (Å²) in [6.45, 7) is 3.51. The van der Waals surface area contributed by atoms with Crippen LogP contribution in [0.2, 0.25) is 0 Å². The van der Waals surface area contributed by atoms with Crippen LogP contribution in [0, 0.1) is 5.41 Å². The number of nitrogens with one attached hydrogen (secondary N) is 1. The highest BCUT2D eigenvalue weighted by Crippen LogP contribution is 2.60. The van der Waals surface area contributed by atoms with E-state index in [1.807, 2.05) is 0 Å². The molecule has 5 heteroatoms. The van der Waals surface area contributed by atoms with Crippen molar-refractivity contribution in [3.8, 4) is 0 Å². The Morgan fingerprint density at radius 1 is 1.41 bits per heavy atom. The van der Waals surface area contributed by atoms with Crippen LogP contribution in [-0.2, 0) is 9.53 Å². The van der Waals surface area contributed by atoms with Crippen LogP contribution in [0.15, 0.2) is 12.7 Å². The molecule has 0 aromatic carbocycles. The standard InChI is InChI=1S/C12H17NO4/c1-2-6-17-10(16)13-12(9(14)15)7-11(8-12)4-3-5-11/h2H,1,3-8H2,(H,13,16)(H,14,15). The molecule has 2 aliphatic carbocycles. The summed E-state index contributed by atoms with van der Waals surface area (Å²) in [5.41, 5.74) is -0.942. The third kappa shape index (κ3) is 2.01. The molecule has 2 fully saturated rings. The monoisotopic (exact) mass is 239 g/mol. The van der Waals surface area contributed by atoms with E-state index < -0.39 is 17.6 Å². The molecule has 0 aromatic rings. The van der Waals surface area contributed by atoms with Gasteiger partial charge in [0.15, 0.2) is 0 Å². The molecule has 0 bridgehead atoms. The van der Waals surface area contributed by atoms with Crippen LogP contribution in [-0.4, -0.2) is 29.3 Å². The molecule has 0 atom stereocenters. The van der Waals surface area contributed by atoms with Gasteiger partial charge in [0.2, 0.25) is 0 Å². The molecular weight excluding hydrogens is 222 g/mol. The molecule has 2 N–H and O–H groups in total. The summed E-state index contributed by atoms with van der Waals surface area (Å²) in [6, 6.07) is 0. The average Bonchev–Trinajstić information content (AvgIpc) is 2.16. The molecule has 94 valence electrons. The number of aliphatic carboxylic acids is 1. The van der Waals surface area contributed by atoms with Gasteiger partial charge in [0, 0.05) is 0 Å². The Bertz CT molecular complexity index is 352. The van der Waals surface area contributed by atoms with Crippen molar-refractivity contribution in [2.45, 2.75) is 37.6 Å². The first kappa shape index (κ1) is 12.0. The Labute approximate surface area is 99.8 Å². The largest absolute Gasteiger partial charge is 0.480 e. The van der Waals surface area contributed by atoms with E-state index in [1.165, 1.54) is 6.08 Å². The summed E-state index contributed by atoms with van der Waals surface area (Å²) in [5.74, 6) is -0.967. The van der Waals surface area contributed by atoms with Gasteiger partial charge in [0.05, 0.1) is 0 Å². The smallest absolute Gasteiger partial charge is 0.408 e. The van der Waals surface area contributed by atoms with Gasteiger partial charge in [-0.1, -0.05) is 19.1 Å². The van der Waals surface area contributed by atoms with Gasteiger partial charge in [-0.15, -0.1) is 0 Å². The van der Waals surface area contributed by atoms with E-state index in [0.717, 1.165) is 19.3 Å². The van der Waals surface area contributed by atoms with E-state index >= 15 is 0 Å². The predicted octanol–water partition coefficient (Wildman–Crippen LogP) is 1.69. The normalized spacial score (nSPS) is 23.1. The molecular formula is C12H17NO4. The van der Waals surface area contributed by atoms with Gasteiger partial charge >= 0.3 is 12.1 Å². The molecule has 0 aliphatic heterocycles. The van der Waals surface area contributed by atoms with Crippen molar-refractivity contribution < 1.29 is 19.4 Å². The highest BCUT2D eigenvalue weighted by Gasteiger charge is 2.62. The topological polar surface area (TPSA) is 75.6 Å². The Kier molecular flexibility index (Phi) is 2.85. The highest BCUT2D eigenvalue weighted by atomic mass is 16.5. The lowest BCUT2D eigenvalue weighted by Crippen LogP contribution is -2.68. The summed E-state index contributed by atoms with van der Waals surface area (Å²) in [7, 11) is 0. The third-order valence-electron chi connectivity index (χ3n) is 3.85. The molecule has 2 rings (SSSR count). The summed E-state index contributed by atoms with van der Waals surface area (Å²) < 4.78 is 4.76. The number of rotatable bonds is 4. The lowest BCUT2D eigenvalue weighted by Gasteiger charge is -2.58. The second-order valence-electron chi connectivity index (χ2n) is 5.11. The lowest BCUT2D eigenvalue weighted by atomic mass is 9.48. The van der Waals surface area contributed by atoms with Crippen molar-refractivity contribution in [1.29, 1.82) is 0 Å². The molecule has 0 unspecified atom stereocenters. The summed E-state index contributed by atoms with van der Waals surface area (Å²) in [5, 5.41) is 11.7. The Morgan fingerprint density at radius 3 is 2.47 bits per heavy atom. The van der Waals surface area contributed by atoms with Gasteiger partial charge in [0.25, 0.3) is 0 Å². The second kappa shape index (κ2) is 4.05. The molecule has 17 heavy (non-hydrogen) atoms. The average molecular weight is 239 g/mol. The zero-order valence-corrected chi connectivity index (χ0v) is 9.70. The van der Waals surface area contributed by atoms with E-state index in [-0.39, 0.29) is 12.0 Å². The van der Waals surface area contributed by atoms with Gasteiger partial charge in [-0.05, 0) is 31.1 Å². The molecule has 0 aromatic heterocycles. The maximum Gasteiger partial charge on any atom is 0.408 e. The minimum Gasteiger partial charge on any atom is -0.480 e. The van der Waals surface area contributed by atoms with E-state index in [9.17, 15) is 14.7 Å². The molecule has 2 aliphatic rings. The number of amides is 1. The maximum atomic E-state index is 11.4. The SMILES string of the molecule is C=CCOC(=O)NC1(C(=O)O)CC2(CCC2)C1. The van der Waals surface area contributed by atoms with Crippen molar-refractivity contribution in [3.63, 3.8) is 0 Å². The fourth-order valence-corrected chi connectivity index (χ4v) is 2.92. The van der Waals surface area contributed by atoms with Crippen LogP contribution in [0.5, 0.6) is 0 Å². The minimum atomic E-state index is -1.11. The molecule has 1 spiro atoms. The quantitative estimate of drug-likeness (QED) is 0.732. The minimum absolute atomic E-state index is 0.0900. The fraction of sp³-hybridized carbons (Fsp3) is 0.667. The van der Waals surface area contributed by atoms with E-state index in [2.05, 4.69) is 11.9 Å². The van der Waals surface area contributed by atoms with Crippen molar-refractivity contribution in [2.75, 3.05) is 6.61 Å². The third-order valence-corrected chi connectivity index (χ3v) is 3.85. The summed E-state index contributed by atoms with van der Waals surface area (Å²) >= 11 is 0. The van der Waals surface area contributed by atoms with Crippen molar-refractivity contribution in [3.05, 3.63) is 12.7 Å². The van der Waals surface area contributed by atoms with Gasteiger partial charge < -0.3 is 15.2 Å². The van der Waals surface area contributed by atoms with Gasteiger partial charge in [-0.3, -0.25) is 0 Å². The Morgan fingerprint density at radius 2 is 2.06 bits per heavy atom. The summed E-state index contributed by atoms with van der Waals surface area (Å²) in [4.78, 5) is 22.6. The molecule has 0 saturated heterocycles. The van der Waals surface area contributed by atoms with Crippen molar-refractivity contribution >= 4 is 12.1 Å². The molecule has 5 nitrogen and oxygen atoms in total. The zero-order valence-electron chi connectivity index (χ0n) is 9.70. The zero-order chi connectivity index (χ0) is 12.5. The predicted molar refractivity (Wildman–Crippen MR) is 60.6 cm³/mol. The molecule has 2 saturated carbocycles. The van der Waals surface area contributed by atoms with Crippen molar-refractivity contribution in [2.24, 2.45) is 5.41 Å². The number of carbonyl (C=O) groups is 2. The first-order valence-corrected chi connectivity index (χ1v) is 5.81. The molecule has 0 radical (unpaired) electrons. The number of ether oxygens (including phenoxy) is 1. The van der Waals surface area contributed by atoms with Crippen LogP contribution in [0.4, 0.5) is 4.79 Å². The number of carbonyl (C=O) groups excluding carboxylic acids is 1. The number of carboxylic acids is 1. The number of hydrogen-bond donors (Lipinski definition) is 2. The Balaban J connectivity index is 1.93. The first-order chi connectivity index (χ1) is 8.02. The number of hydrogen-bond acceptors (Lipinski definition) is 3. The highest BCUT2D eigenvalue weighted by molar-refractivity contribution is 5.86. The molecule has 0 heterocycles. The van der Waals surface area contributed by atoms with Crippen LogP contribution < -0.4 is 5.32 Å². The van der Waals surface area contributed by atoms with Crippen LogP contribution in [0.3, 0.4) is 0 Å². The fourth-order valence-electron chi connectivity index (χ4n) is 2.92. The van der Waals surface area contributed by atoms with Gasteiger partial charge in [0.1, 0.15) is 12.1 Å². The number of carboxylic acid groups (broad SMARTS) is 1. The van der Waals surface area contributed by atoms with Crippen LogP contribution in [0.25, 0.3) is 0 Å². The van der Waals surface area contributed by atoms with Crippen LogP contribution in [0.1, 0.15) is 32.1 Å². The lowest BCUT2D eigenvalue weighted by molar-refractivity contribution is -0.161. The van der Waals surface area contributed by atoms with Crippen molar-refractivity contribution in [1.82, 2.24) is 5.32 Å². The van der Waals surface area contributed by atoms with E-state index in [0.29, 0.717) is 12.8 Å².